The van der Waals surface area contributed by atoms with E-state index in [2.05, 4.69) is 10.3 Å². The van der Waals surface area contributed by atoms with Crippen LogP contribution in [0.3, 0.4) is 0 Å². The largest absolute Gasteiger partial charge is 0.382 e. The van der Waals surface area contributed by atoms with Gasteiger partial charge in [-0.15, -0.1) is 0 Å². The number of ketones is 1. The normalized spacial score (nSPS) is 11.8. The molecular formula is C16H15ClFN3O2. The van der Waals surface area contributed by atoms with Gasteiger partial charge in [0.1, 0.15) is 11.6 Å². The van der Waals surface area contributed by atoms with Gasteiger partial charge in [0.05, 0.1) is 10.6 Å². The number of pyridine rings is 1. The number of nitrogens with zero attached hydrogens (tertiary/aromatic N) is 1. The Morgan fingerprint density at radius 3 is 2.57 bits per heavy atom. The first-order valence-corrected chi connectivity index (χ1v) is 7.25. The third kappa shape index (κ3) is 4.50. The van der Waals surface area contributed by atoms with Crippen LogP contribution >= 0.6 is 11.6 Å². The number of rotatable bonds is 5. The van der Waals surface area contributed by atoms with Gasteiger partial charge in [0.15, 0.2) is 5.78 Å². The Morgan fingerprint density at radius 2 is 1.96 bits per heavy atom. The average molecular weight is 336 g/mol. The van der Waals surface area contributed by atoms with Crippen molar-refractivity contribution in [1.82, 2.24) is 10.3 Å². The Balaban J connectivity index is 1.97. The smallest absolute Gasteiger partial charge is 0.253 e. The molecule has 3 N–H and O–H groups in total. The van der Waals surface area contributed by atoms with Gasteiger partial charge in [-0.1, -0.05) is 11.6 Å². The van der Waals surface area contributed by atoms with Gasteiger partial charge in [-0.2, -0.15) is 0 Å². The van der Waals surface area contributed by atoms with E-state index in [0.717, 1.165) is 0 Å². The molecule has 23 heavy (non-hydrogen) atoms. The second-order valence-electron chi connectivity index (χ2n) is 5.10. The number of nitrogens with one attached hydrogen (secondary N) is 1. The van der Waals surface area contributed by atoms with Crippen molar-refractivity contribution in [3.8, 4) is 0 Å². The molecule has 0 spiro atoms. The molecule has 0 aliphatic carbocycles. The summed E-state index contributed by atoms with van der Waals surface area (Å²) >= 11 is 5.82. The van der Waals surface area contributed by atoms with Crippen molar-refractivity contribution in [3.05, 3.63) is 58.5 Å². The van der Waals surface area contributed by atoms with Crippen LogP contribution in [0.5, 0.6) is 0 Å². The number of hydrogen-bond acceptors (Lipinski definition) is 4. The molecule has 0 aliphatic rings. The molecular weight excluding hydrogens is 321 g/mol. The van der Waals surface area contributed by atoms with Crippen molar-refractivity contribution >= 4 is 29.1 Å². The summed E-state index contributed by atoms with van der Waals surface area (Å²) in [7, 11) is 0. The van der Waals surface area contributed by atoms with Crippen LogP contribution < -0.4 is 11.1 Å². The van der Waals surface area contributed by atoms with Crippen molar-refractivity contribution in [2.24, 2.45) is 0 Å². The Morgan fingerprint density at radius 1 is 1.30 bits per heavy atom. The maximum Gasteiger partial charge on any atom is 0.253 e. The molecule has 2 aromatic rings. The van der Waals surface area contributed by atoms with Crippen LogP contribution in [-0.2, 0) is 0 Å². The summed E-state index contributed by atoms with van der Waals surface area (Å²) in [5.74, 6) is -0.858. The molecule has 0 saturated heterocycles. The van der Waals surface area contributed by atoms with E-state index < -0.39 is 17.8 Å². The number of nitrogen functional groups attached to an aromatic ring is 1. The van der Waals surface area contributed by atoms with Crippen LogP contribution in [0, 0.1) is 5.82 Å². The molecule has 1 amide bonds. The molecule has 7 heteroatoms. The molecule has 0 aliphatic heterocycles. The van der Waals surface area contributed by atoms with Crippen LogP contribution in [-0.4, -0.2) is 22.7 Å². The summed E-state index contributed by atoms with van der Waals surface area (Å²) in [6.45, 7) is 1.70. The van der Waals surface area contributed by atoms with E-state index in [9.17, 15) is 14.0 Å². The lowest BCUT2D eigenvalue weighted by Gasteiger charge is -2.13. The van der Waals surface area contributed by atoms with Gasteiger partial charge in [0.2, 0.25) is 0 Å². The highest BCUT2D eigenvalue weighted by atomic mass is 35.5. The zero-order valence-electron chi connectivity index (χ0n) is 12.3. The number of aromatic nitrogens is 1. The summed E-state index contributed by atoms with van der Waals surface area (Å²) in [5, 5.41) is 2.87. The molecule has 0 bridgehead atoms. The summed E-state index contributed by atoms with van der Waals surface area (Å²) in [5.41, 5.74) is 6.13. The lowest BCUT2D eigenvalue weighted by atomic mass is 10.0. The first-order chi connectivity index (χ1) is 10.9. The molecule has 0 saturated carbocycles. The second kappa shape index (κ2) is 7.19. The fourth-order valence-corrected chi connectivity index (χ4v) is 2.13. The first kappa shape index (κ1) is 16.9. The fraction of sp³-hybridized carbons (Fsp3) is 0.188. The summed E-state index contributed by atoms with van der Waals surface area (Å²) in [6, 6.07) is 6.27. The van der Waals surface area contributed by atoms with Crippen molar-refractivity contribution in [1.29, 1.82) is 0 Å². The highest BCUT2D eigenvalue weighted by Gasteiger charge is 2.15. The van der Waals surface area contributed by atoms with E-state index in [0.29, 0.717) is 5.56 Å². The van der Waals surface area contributed by atoms with Crippen LogP contribution in [0.15, 0.2) is 36.5 Å². The SMILES string of the molecule is C[C@@H](CC(=O)c1ccc(F)cc1)NC(=O)c1cnc(N)c(Cl)c1. The minimum Gasteiger partial charge on any atom is -0.382 e. The highest BCUT2D eigenvalue weighted by molar-refractivity contribution is 6.33. The Bertz CT molecular complexity index is 735. The van der Waals surface area contributed by atoms with Gasteiger partial charge in [0, 0.05) is 24.2 Å². The van der Waals surface area contributed by atoms with Crippen molar-refractivity contribution in [2.75, 3.05) is 5.73 Å². The van der Waals surface area contributed by atoms with E-state index in [-0.39, 0.29) is 28.6 Å². The maximum atomic E-state index is 12.8. The molecule has 0 fully saturated rings. The average Bonchev–Trinajstić information content (AvgIpc) is 2.50. The summed E-state index contributed by atoms with van der Waals surface area (Å²) in [4.78, 5) is 27.9. The number of carbonyl (C=O) groups is 2. The molecule has 5 nitrogen and oxygen atoms in total. The Kier molecular flexibility index (Phi) is 5.28. The highest BCUT2D eigenvalue weighted by Crippen LogP contribution is 2.17. The van der Waals surface area contributed by atoms with Gasteiger partial charge >= 0.3 is 0 Å². The molecule has 0 radical (unpaired) electrons. The van der Waals surface area contributed by atoms with Gasteiger partial charge in [-0.05, 0) is 37.3 Å². The number of benzene rings is 1. The standard InChI is InChI=1S/C16H15ClFN3O2/c1-9(6-14(22)10-2-4-12(18)5-3-10)21-16(23)11-7-13(17)15(19)20-8-11/h2-5,7-9H,6H2,1H3,(H2,19,20)(H,21,23)/t9-/m0/s1. The molecule has 2 rings (SSSR count). The van der Waals surface area contributed by atoms with E-state index in [1.165, 1.54) is 36.5 Å². The fourth-order valence-electron chi connectivity index (χ4n) is 1.96. The van der Waals surface area contributed by atoms with Gasteiger partial charge in [-0.3, -0.25) is 9.59 Å². The lowest BCUT2D eigenvalue weighted by molar-refractivity contribution is 0.0918. The molecule has 1 heterocycles. The van der Waals surface area contributed by atoms with Crippen molar-refractivity contribution in [3.63, 3.8) is 0 Å². The number of halogens is 2. The maximum absolute atomic E-state index is 12.8. The molecule has 120 valence electrons. The third-order valence-corrected chi connectivity index (χ3v) is 3.47. The first-order valence-electron chi connectivity index (χ1n) is 6.87. The zero-order chi connectivity index (χ0) is 17.0. The van der Waals surface area contributed by atoms with Crippen LogP contribution in [0.1, 0.15) is 34.1 Å². The second-order valence-corrected chi connectivity index (χ2v) is 5.51. The predicted octanol–water partition coefficient (Wildman–Crippen LogP) is 2.85. The quantitative estimate of drug-likeness (QED) is 0.823. The minimum atomic E-state index is -0.407. The van der Waals surface area contributed by atoms with E-state index >= 15 is 0 Å². The van der Waals surface area contributed by atoms with Gasteiger partial charge in [0.25, 0.3) is 5.91 Å². The Hall–Kier alpha value is -2.47. The van der Waals surface area contributed by atoms with E-state index in [4.69, 9.17) is 17.3 Å². The van der Waals surface area contributed by atoms with Crippen LogP contribution in [0.2, 0.25) is 5.02 Å². The number of Topliss-reactive ketones (excluding diaryl/α,β-unsaturated/α-hetero) is 1. The number of hydrogen-bond donors (Lipinski definition) is 2. The van der Waals surface area contributed by atoms with Crippen LogP contribution in [0.25, 0.3) is 0 Å². The van der Waals surface area contributed by atoms with Crippen molar-refractivity contribution in [2.45, 2.75) is 19.4 Å². The Labute approximate surface area is 137 Å². The molecule has 0 unspecified atom stereocenters. The number of amides is 1. The number of carbonyl (C=O) groups excluding carboxylic acids is 2. The monoisotopic (exact) mass is 335 g/mol. The van der Waals surface area contributed by atoms with Crippen LogP contribution in [0.4, 0.5) is 10.2 Å². The molecule has 1 aromatic carbocycles. The van der Waals surface area contributed by atoms with Crippen molar-refractivity contribution < 1.29 is 14.0 Å². The topological polar surface area (TPSA) is 85.1 Å². The molecule has 1 atom stereocenters. The van der Waals surface area contributed by atoms with Gasteiger partial charge < -0.3 is 11.1 Å². The predicted molar refractivity (Wildman–Crippen MR) is 85.9 cm³/mol. The summed E-state index contributed by atoms with van der Waals surface area (Å²) < 4.78 is 12.8. The summed E-state index contributed by atoms with van der Waals surface area (Å²) in [6.07, 6.45) is 1.40. The number of nitrogens with two attached hydrogens (primary N) is 1. The lowest BCUT2D eigenvalue weighted by Crippen LogP contribution is -2.34. The van der Waals surface area contributed by atoms with E-state index in [1.54, 1.807) is 6.92 Å². The van der Waals surface area contributed by atoms with E-state index in [1.807, 2.05) is 0 Å². The zero-order valence-corrected chi connectivity index (χ0v) is 13.1. The third-order valence-electron chi connectivity index (χ3n) is 3.17. The van der Waals surface area contributed by atoms with Gasteiger partial charge in [-0.25, -0.2) is 9.37 Å². The molecule has 1 aromatic heterocycles. The minimum absolute atomic E-state index is 0.0908. The number of anilines is 1.